The van der Waals surface area contributed by atoms with Gasteiger partial charge in [0, 0.05) is 49.9 Å². The summed E-state index contributed by atoms with van der Waals surface area (Å²) in [5, 5.41) is 21.3. The first kappa shape index (κ1) is 33.6. The van der Waals surface area contributed by atoms with Crippen LogP contribution in [0.3, 0.4) is 0 Å². The van der Waals surface area contributed by atoms with Crippen LogP contribution in [0, 0.1) is 0 Å². The molecule has 49 heavy (non-hydrogen) atoms. The summed E-state index contributed by atoms with van der Waals surface area (Å²) in [7, 11) is 0. The number of halogens is 3. The van der Waals surface area contributed by atoms with Gasteiger partial charge in [0.05, 0.1) is 22.3 Å². The van der Waals surface area contributed by atoms with Crippen molar-refractivity contribution in [1.29, 1.82) is 0 Å². The smallest absolute Gasteiger partial charge is 0.266 e. The predicted octanol–water partition coefficient (Wildman–Crippen LogP) is 3.67. The topological polar surface area (TPSA) is 156 Å². The molecule has 7 heterocycles. The van der Waals surface area contributed by atoms with Crippen LogP contribution in [0.5, 0.6) is 5.75 Å². The normalized spacial score (nSPS) is 22.9. The predicted molar refractivity (Wildman–Crippen MR) is 182 cm³/mol. The van der Waals surface area contributed by atoms with Crippen molar-refractivity contribution in [1.82, 2.24) is 34.6 Å². The van der Waals surface area contributed by atoms with Gasteiger partial charge < -0.3 is 25.8 Å². The van der Waals surface area contributed by atoms with E-state index in [1.165, 1.54) is 36.2 Å². The highest BCUT2D eigenvalue weighted by atomic mass is 35.5. The molecule has 0 saturated carbocycles. The molecule has 0 radical (unpaired) electrons. The first-order chi connectivity index (χ1) is 23.7. The fraction of sp³-hybridized carbons (Fsp3) is 0.531. The van der Waals surface area contributed by atoms with Crippen molar-refractivity contribution in [3.63, 3.8) is 0 Å². The molecular weight excluding hydrogens is 680 g/mol. The van der Waals surface area contributed by atoms with Crippen LogP contribution in [0.4, 0.5) is 20.3 Å². The molecule has 2 unspecified atom stereocenters. The summed E-state index contributed by atoms with van der Waals surface area (Å²) in [6.07, 6.45) is 5.02. The minimum absolute atomic E-state index is 0.0400. The fourth-order valence-electron chi connectivity index (χ4n) is 7.66. The molecule has 262 valence electrons. The summed E-state index contributed by atoms with van der Waals surface area (Å²) in [6, 6.07) is 6.68. The monoisotopic (exact) mass is 717 g/mol. The summed E-state index contributed by atoms with van der Waals surface area (Å²) in [5.41, 5.74) is 7.62. The van der Waals surface area contributed by atoms with Gasteiger partial charge in [-0.1, -0.05) is 18.0 Å². The lowest BCUT2D eigenvalue weighted by molar-refractivity contribution is -0.0241. The first-order valence-electron chi connectivity index (χ1n) is 16.6. The zero-order valence-electron chi connectivity index (χ0n) is 26.7. The van der Waals surface area contributed by atoms with Gasteiger partial charge in [-0.3, -0.25) is 14.5 Å². The molecule has 13 nitrogen and oxygen atoms in total. The Morgan fingerprint density at radius 3 is 2.73 bits per heavy atom. The maximum atomic E-state index is 13.7. The largest absolute Gasteiger partial charge is 0.489 e. The van der Waals surface area contributed by atoms with Crippen LogP contribution in [0.2, 0.25) is 4.34 Å². The standard InChI is InChI=1S/C32H38ClF2N9O4S/c33-26-14-25(48-21-11-19-4-1-5-20(12-21)42(19)9-10-45)30(49-26)32(47)39-18-3-2-8-41(15-18)24-13-23(44-29(24)31(36)37-17-38-44)22-6-7-28(46)43(40-22)16-27(34)35/h6-7,13-14,17-21,27,45H,1-5,8-12,15-16H2,(H,39,47)(H2,36,37,38)/t18-,19?,20?,21?/m1/s1. The van der Waals surface area contributed by atoms with Crippen molar-refractivity contribution in [3.8, 4) is 17.1 Å². The summed E-state index contributed by atoms with van der Waals surface area (Å²) < 4.78 is 35.5. The van der Waals surface area contributed by atoms with Crippen molar-refractivity contribution in [3.05, 3.63) is 50.2 Å². The second-order valence-corrected chi connectivity index (χ2v) is 14.5. The van der Waals surface area contributed by atoms with Gasteiger partial charge in [-0.2, -0.15) is 10.2 Å². The van der Waals surface area contributed by atoms with Crippen LogP contribution in [0.25, 0.3) is 16.9 Å². The Kier molecular flexibility index (Phi) is 9.72. The van der Waals surface area contributed by atoms with E-state index in [2.05, 4.69) is 30.3 Å². The van der Waals surface area contributed by atoms with Crippen LogP contribution in [0.1, 0.15) is 54.6 Å². The van der Waals surface area contributed by atoms with Gasteiger partial charge in [0.1, 0.15) is 40.8 Å². The Morgan fingerprint density at radius 2 is 1.98 bits per heavy atom. The van der Waals surface area contributed by atoms with E-state index in [1.54, 1.807) is 16.6 Å². The second-order valence-electron chi connectivity index (χ2n) is 12.9. The van der Waals surface area contributed by atoms with E-state index >= 15 is 0 Å². The van der Waals surface area contributed by atoms with Crippen LogP contribution < -0.4 is 26.2 Å². The molecule has 3 aliphatic heterocycles. The molecule has 4 aromatic rings. The highest BCUT2D eigenvalue weighted by molar-refractivity contribution is 7.18. The van der Waals surface area contributed by atoms with Gasteiger partial charge in [-0.15, -0.1) is 11.3 Å². The lowest BCUT2D eigenvalue weighted by Gasteiger charge is -2.48. The molecule has 0 spiro atoms. The number of hydrogen-bond donors (Lipinski definition) is 3. The van der Waals surface area contributed by atoms with E-state index in [0.29, 0.717) is 63.6 Å². The number of rotatable bonds is 10. The summed E-state index contributed by atoms with van der Waals surface area (Å²) >= 11 is 7.62. The second kappa shape index (κ2) is 14.2. The zero-order chi connectivity index (χ0) is 34.2. The van der Waals surface area contributed by atoms with Crippen molar-refractivity contribution in [2.75, 3.05) is 36.9 Å². The van der Waals surface area contributed by atoms with E-state index in [4.69, 9.17) is 22.1 Å². The molecule has 3 atom stereocenters. The molecule has 4 N–H and O–H groups in total. The lowest BCUT2D eigenvalue weighted by atomic mass is 9.83. The van der Waals surface area contributed by atoms with Gasteiger partial charge in [0.15, 0.2) is 5.82 Å². The third kappa shape index (κ3) is 6.96. The van der Waals surface area contributed by atoms with Crippen LogP contribution >= 0.6 is 22.9 Å². The zero-order valence-corrected chi connectivity index (χ0v) is 28.3. The number of nitrogen functional groups attached to an aromatic ring is 1. The van der Waals surface area contributed by atoms with Crippen LogP contribution in [0.15, 0.2) is 35.4 Å². The number of carbonyl (C=O) groups excluding carboxylic acids is 1. The summed E-state index contributed by atoms with van der Waals surface area (Å²) in [6.45, 7) is 1.10. The Labute approximate surface area is 289 Å². The van der Waals surface area contributed by atoms with Crippen LogP contribution in [-0.2, 0) is 6.54 Å². The van der Waals surface area contributed by atoms with Gasteiger partial charge in [0.25, 0.3) is 17.9 Å². The number of nitrogens with zero attached hydrogens (tertiary/aromatic N) is 7. The van der Waals surface area contributed by atoms with E-state index in [0.717, 1.165) is 43.2 Å². The summed E-state index contributed by atoms with van der Waals surface area (Å²) in [4.78, 5) is 35.0. The number of hydrogen-bond acceptors (Lipinski definition) is 11. The number of amides is 1. The third-order valence-electron chi connectivity index (χ3n) is 9.71. The molecule has 3 fully saturated rings. The quantitative estimate of drug-likeness (QED) is 0.221. The molecule has 4 aromatic heterocycles. The van der Waals surface area contributed by atoms with Crippen LogP contribution in [-0.4, -0.2) is 97.2 Å². The van der Waals surface area contributed by atoms with Crippen molar-refractivity contribution in [2.24, 2.45) is 0 Å². The van der Waals surface area contributed by atoms with Gasteiger partial charge in [0.2, 0.25) is 0 Å². The van der Waals surface area contributed by atoms with E-state index in [1.807, 2.05) is 0 Å². The van der Waals surface area contributed by atoms with E-state index in [-0.39, 0.29) is 36.2 Å². The number of alkyl halides is 2. The number of anilines is 2. The fourth-order valence-corrected chi connectivity index (χ4v) is 8.71. The minimum atomic E-state index is -2.75. The number of fused-ring (bicyclic) bond motifs is 3. The molecule has 7 rings (SSSR count). The first-order valence-corrected chi connectivity index (χ1v) is 17.7. The number of nitrogens with two attached hydrogens (primary N) is 1. The molecule has 2 bridgehead atoms. The molecule has 0 aromatic carbocycles. The Bertz CT molecular complexity index is 1870. The van der Waals surface area contributed by atoms with Gasteiger partial charge >= 0.3 is 0 Å². The Balaban J connectivity index is 1.09. The van der Waals surface area contributed by atoms with Crippen molar-refractivity contribution >= 4 is 45.9 Å². The maximum absolute atomic E-state index is 13.7. The number of piperidine rings is 3. The van der Waals surface area contributed by atoms with E-state index < -0.39 is 18.5 Å². The SMILES string of the molecule is Nc1ncnn2c(-c3ccc(=O)n(CC(F)F)n3)cc(N3CCC[C@@H](NC(=O)c4sc(Cl)cc4OC4CC5CCCC(C4)N5CCO)C3)c12. The van der Waals surface area contributed by atoms with Gasteiger partial charge in [-0.25, -0.2) is 23.0 Å². The minimum Gasteiger partial charge on any atom is -0.489 e. The third-order valence-corrected chi connectivity index (χ3v) is 11.0. The number of ether oxygens (including phenoxy) is 1. The molecule has 17 heteroatoms. The number of aliphatic hydroxyl groups is 1. The van der Waals surface area contributed by atoms with E-state index in [9.17, 15) is 23.5 Å². The number of nitrogens with one attached hydrogen (secondary N) is 1. The average molecular weight is 718 g/mol. The highest BCUT2D eigenvalue weighted by Crippen LogP contribution is 2.39. The number of aromatic nitrogens is 5. The molecule has 0 aliphatic carbocycles. The average Bonchev–Trinajstić information content (AvgIpc) is 3.64. The maximum Gasteiger partial charge on any atom is 0.266 e. The Hall–Kier alpha value is -3.86. The molecular formula is C32H38ClF2N9O4S. The number of carbonyl (C=O) groups is 1. The summed E-state index contributed by atoms with van der Waals surface area (Å²) in [5.74, 6) is 0.449. The molecule has 1 amide bonds. The highest BCUT2D eigenvalue weighted by Gasteiger charge is 2.39. The van der Waals surface area contributed by atoms with Crippen molar-refractivity contribution < 1.29 is 23.4 Å². The Morgan fingerprint density at radius 1 is 1.18 bits per heavy atom. The van der Waals surface area contributed by atoms with Crippen molar-refractivity contribution in [2.45, 2.75) is 82.1 Å². The lowest BCUT2D eigenvalue weighted by Crippen LogP contribution is -2.55. The molecule has 3 aliphatic rings. The number of thiophene rings is 1. The molecule has 3 saturated heterocycles. The van der Waals surface area contributed by atoms with Gasteiger partial charge in [-0.05, 0) is 50.7 Å². The number of aliphatic hydroxyl groups excluding tert-OH is 1.